The summed E-state index contributed by atoms with van der Waals surface area (Å²) in [6.45, 7) is 1.92. The van der Waals surface area contributed by atoms with E-state index in [-0.39, 0.29) is 0 Å². The number of hydrogen-bond acceptors (Lipinski definition) is 2. The van der Waals surface area contributed by atoms with Crippen molar-refractivity contribution < 1.29 is 14.6 Å². The van der Waals surface area contributed by atoms with E-state index in [1.54, 1.807) is 6.07 Å². The van der Waals surface area contributed by atoms with Gasteiger partial charge in [-0.1, -0.05) is 54.1 Å². The van der Waals surface area contributed by atoms with Gasteiger partial charge in [0.1, 0.15) is 11.5 Å². The van der Waals surface area contributed by atoms with Crippen molar-refractivity contribution in [1.82, 2.24) is 0 Å². The Bertz CT molecular complexity index is 889. The molecule has 0 bridgehead atoms. The van der Waals surface area contributed by atoms with Crippen LogP contribution in [0.15, 0.2) is 72.8 Å². The lowest BCUT2D eigenvalue weighted by molar-refractivity contribution is -0.138. The number of carboxylic acid groups (broad SMARTS) is 1. The van der Waals surface area contributed by atoms with Crippen LogP contribution in [-0.4, -0.2) is 11.1 Å². The lowest BCUT2D eigenvalue weighted by Gasteiger charge is -2.13. The minimum Gasteiger partial charge on any atom is -0.481 e. The summed E-state index contributed by atoms with van der Waals surface area (Å²) in [7, 11) is 0. The average molecular weight is 367 g/mol. The van der Waals surface area contributed by atoms with Crippen molar-refractivity contribution >= 4 is 17.6 Å². The normalized spacial score (nSPS) is 11.8. The first-order valence-electron chi connectivity index (χ1n) is 8.33. The van der Waals surface area contributed by atoms with Gasteiger partial charge in [0, 0.05) is 5.02 Å². The first-order valence-corrected chi connectivity index (χ1v) is 8.71. The second kappa shape index (κ2) is 8.07. The minimum absolute atomic E-state index is 0.430. The number of aliphatic carboxylic acids is 1. The lowest BCUT2D eigenvalue weighted by Crippen LogP contribution is -2.14. The Hall–Kier alpha value is -2.78. The summed E-state index contributed by atoms with van der Waals surface area (Å²) in [5.74, 6) is 0.0180. The van der Waals surface area contributed by atoms with Gasteiger partial charge in [-0.2, -0.15) is 0 Å². The summed E-state index contributed by atoms with van der Waals surface area (Å²) in [5, 5.41) is 10.3. The van der Waals surface area contributed by atoms with Crippen molar-refractivity contribution in [2.24, 2.45) is 0 Å². The van der Waals surface area contributed by atoms with Crippen LogP contribution in [0.2, 0.25) is 5.02 Å². The molecule has 0 aliphatic carbocycles. The van der Waals surface area contributed by atoms with Crippen LogP contribution in [0.4, 0.5) is 0 Å². The molecule has 3 rings (SSSR count). The summed E-state index contributed by atoms with van der Waals surface area (Å²) in [5.41, 5.74) is 2.70. The summed E-state index contributed by atoms with van der Waals surface area (Å²) < 4.78 is 5.83. The van der Waals surface area contributed by atoms with Gasteiger partial charge in [-0.05, 0) is 60.4 Å². The molecule has 0 spiro atoms. The van der Waals surface area contributed by atoms with E-state index in [4.69, 9.17) is 16.3 Å². The number of aryl methyl sites for hydroxylation is 1. The number of rotatable bonds is 6. The average Bonchev–Trinajstić information content (AvgIpc) is 2.64. The van der Waals surface area contributed by atoms with Gasteiger partial charge in [0.25, 0.3) is 0 Å². The molecule has 3 aromatic carbocycles. The third-order valence-corrected chi connectivity index (χ3v) is 4.65. The van der Waals surface area contributed by atoms with Crippen LogP contribution in [0.25, 0.3) is 0 Å². The smallest absolute Gasteiger partial charge is 0.311 e. The molecular weight excluding hydrogens is 348 g/mol. The number of ether oxygens (including phenoxy) is 1. The van der Waals surface area contributed by atoms with Crippen LogP contribution in [-0.2, 0) is 11.2 Å². The van der Waals surface area contributed by atoms with Gasteiger partial charge in [-0.15, -0.1) is 0 Å². The SMILES string of the molecule is Cc1cc(Oc2ccc(CC(C(=O)O)c3ccccc3)cc2)ccc1Cl. The van der Waals surface area contributed by atoms with E-state index in [2.05, 4.69) is 0 Å². The molecule has 0 saturated carbocycles. The molecule has 1 N–H and O–H groups in total. The van der Waals surface area contributed by atoms with Crippen molar-refractivity contribution in [2.75, 3.05) is 0 Å². The van der Waals surface area contributed by atoms with Crippen molar-refractivity contribution in [3.63, 3.8) is 0 Å². The highest BCUT2D eigenvalue weighted by atomic mass is 35.5. The largest absolute Gasteiger partial charge is 0.481 e. The first kappa shape index (κ1) is 18.0. The first-order chi connectivity index (χ1) is 12.5. The zero-order valence-corrected chi connectivity index (χ0v) is 15.1. The predicted octanol–water partition coefficient (Wildman–Crippen LogP) is 5.85. The highest BCUT2D eigenvalue weighted by Gasteiger charge is 2.20. The zero-order valence-electron chi connectivity index (χ0n) is 14.4. The van der Waals surface area contributed by atoms with E-state index in [9.17, 15) is 9.90 Å². The lowest BCUT2D eigenvalue weighted by atomic mass is 9.92. The van der Waals surface area contributed by atoms with Gasteiger partial charge in [-0.25, -0.2) is 0 Å². The maximum Gasteiger partial charge on any atom is 0.311 e. The van der Waals surface area contributed by atoms with E-state index < -0.39 is 11.9 Å². The molecular formula is C22H19ClO3. The Balaban J connectivity index is 1.72. The molecule has 0 radical (unpaired) electrons. The molecule has 3 aromatic rings. The molecule has 0 aliphatic heterocycles. The van der Waals surface area contributed by atoms with Gasteiger partial charge in [0.15, 0.2) is 0 Å². The van der Waals surface area contributed by atoms with E-state index in [0.29, 0.717) is 22.9 Å². The van der Waals surface area contributed by atoms with E-state index in [1.807, 2.05) is 73.7 Å². The Kier molecular flexibility index (Phi) is 5.59. The van der Waals surface area contributed by atoms with Crippen LogP contribution < -0.4 is 4.74 Å². The third kappa shape index (κ3) is 4.44. The summed E-state index contributed by atoms with van der Waals surface area (Å²) in [6.07, 6.45) is 0.430. The van der Waals surface area contributed by atoms with Crippen LogP contribution in [0.3, 0.4) is 0 Å². The number of benzene rings is 3. The predicted molar refractivity (Wildman–Crippen MR) is 103 cm³/mol. The molecule has 0 fully saturated rings. The Morgan fingerprint density at radius 3 is 2.27 bits per heavy atom. The van der Waals surface area contributed by atoms with Crippen LogP contribution in [0.1, 0.15) is 22.6 Å². The molecule has 132 valence electrons. The molecule has 3 nitrogen and oxygen atoms in total. The fraction of sp³-hybridized carbons (Fsp3) is 0.136. The Morgan fingerprint density at radius 1 is 1.00 bits per heavy atom. The molecule has 4 heteroatoms. The molecule has 0 saturated heterocycles. The van der Waals surface area contributed by atoms with E-state index in [1.165, 1.54) is 0 Å². The van der Waals surface area contributed by atoms with Crippen LogP contribution >= 0.6 is 11.6 Å². The number of hydrogen-bond donors (Lipinski definition) is 1. The molecule has 1 atom stereocenters. The van der Waals surface area contributed by atoms with E-state index in [0.717, 1.165) is 16.7 Å². The minimum atomic E-state index is -0.826. The van der Waals surface area contributed by atoms with Gasteiger partial charge >= 0.3 is 5.97 Å². The monoisotopic (exact) mass is 366 g/mol. The molecule has 26 heavy (non-hydrogen) atoms. The number of carboxylic acids is 1. The maximum absolute atomic E-state index is 11.6. The second-order valence-corrected chi connectivity index (χ2v) is 6.57. The second-order valence-electron chi connectivity index (χ2n) is 6.16. The van der Waals surface area contributed by atoms with Gasteiger partial charge in [0.2, 0.25) is 0 Å². The molecule has 0 amide bonds. The Labute approximate surface area is 157 Å². The summed E-state index contributed by atoms with van der Waals surface area (Å²) in [6, 6.07) is 22.3. The summed E-state index contributed by atoms with van der Waals surface area (Å²) >= 11 is 6.03. The quantitative estimate of drug-likeness (QED) is 0.595. The zero-order chi connectivity index (χ0) is 18.5. The summed E-state index contributed by atoms with van der Waals surface area (Å²) in [4.78, 5) is 11.6. The van der Waals surface area contributed by atoms with Crippen molar-refractivity contribution in [2.45, 2.75) is 19.3 Å². The fourth-order valence-corrected chi connectivity index (χ4v) is 2.90. The fourth-order valence-electron chi connectivity index (χ4n) is 2.78. The molecule has 0 aromatic heterocycles. The standard InChI is InChI=1S/C22H19ClO3/c1-15-13-19(11-12-21(15)23)26-18-9-7-16(8-10-18)14-20(22(24)25)17-5-3-2-4-6-17/h2-13,20H,14H2,1H3,(H,24,25). The maximum atomic E-state index is 11.6. The Morgan fingerprint density at radius 2 is 1.65 bits per heavy atom. The van der Waals surface area contributed by atoms with Gasteiger partial charge in [-0.3, -0.25) is 4.79 Å². The van der Waals surface area contributed by atoms with Gasteiger partial charge < -0.3 is 9.84 Å². The third-order valence-electron chi connectivity index (χ3n) is 4.23. The van der Waals surface area contributed by atoms with E-state index >= 15 is 0 Å². The van der Waals surface area contributed by atoms with Crippen LogP contribution in [0.5, 0.6) is 11.5 Å². The van der Waals surface area contributed by atoms with Crippen molar-refractivity contribution in [3.8, 4) is 11.5 Å². The molecule has 0 aliphatic rings. The van der Waals surface area contributed by atoms with Crippen molar-refractivity contribution in [1.29, 1.82) is 0 Å². The molecule has 1 unspecified atom stereocenters. The highest BCUT2D eigenvalue weighted by Crippen LogP contribution is 2.27. The molecule has 0 heterocycles. The highest BCUT2D eigenvalue weighted by molar-refractivity contribution is 6.31. The van der Waals surface area contributed by atoms with Crippen LogP contribution in [0, 0.1) is 6.92 Å². The number of carbonyl (C=O) groups is 1. The van der Waals surface area contributed by atoms with Crippen molar-refractivity contribution in [3.05, 3.63) is 94.5 Å². The topological polar surface area (TPSA) is 46.5 Å². The van der Waals surface area contributed by atoms with Gasteiger partial charge in [0.05, 0.1) is 5.92 Å². The number of halogens is 1.